The fraction of sp³-hybridized carbons (Fsp3) is 0.462. The van der Waals surface area contributed by atoms with Gasteiger partial charge in [-0.3, -0.25) is 14.9 Å². The summed E-state index contributed by atoms with van der Waals surface area (Å²) in [7, 11) is 3.67. The van der Waals surface area contributed by atoms with Gasteiger partial charge in [-0.2, -0.15) is 0 Å². The number of piperazine rings is 1. The molecule has 0 aromatic heterocycles. The summed E-state index contributed by atoms with van der Waals surface area (Å²) in [6, 6.07) is 12.8. The Bertz CT molecular complexity index is 993. The van der Waals surface area contributed by atoms with Crippen LogP contribution in [0.1, 0.15) is 28.3 Å². The molecule has 1 aliphatic carbocycles. The number of nitrogens with zero attached hydrogens (tertiary/aromatic N) is 2. The molecule has 2 aromatic rings. The van der Waals surface area contributed by atoms with Crippen LogP contribution in [0.25, 0.3) is 0 Å². The van der Waals surface area contributed by atoms with Gasteiger partial charge in [0.1, 0.15) is 17.6 Å². The van der Waals surface area contributed by atoms with Crippen LogP contribution in [-0.4, -0.2) is 87.4 Å². The average molecular weight is 485 g/mol. The molecular formula is C26H33FN4O4. The summed E-state index contributed by atoms with van der Waals surface area (Å²) in [5.74, 6) is 0.229. The maximum Gasteiger partial charge on any atom is 0.251 e. The van der Waals surface area contributed by atoms with Crippen molar-refractivity contribution in [2.45, 2.75) is 24.4 Å². The zero-order valence-electron chi connectivity index (χ0n) is 20.2. The average Bonchev–Trinajstić information content (AvgIpc) is 3.66. The van der Waals surface area contributed by atoms with Crippen LogP contribution in [-0.2, 0) is 9.53 Å². The molecule has 1 saturated heterocycles. The maximum atomic E-state index is 13.2. The zero-order valence-corrected chi connectivity index (χ0v) is 20.2. The van der Waals surface area contributed by atoms with Gasteiger partial charge in [-0.1, -0.05) is 12.1 Å². The minimum absolute atomic E-state index is 0.0467. The van der Waals surface area contributed by atoms with Gasteiger partial charge in [0.25, 0.3) is 5.91 Å². The number of hydrogen-bond donors (Lipinski definition) is 2. The van der Waals surface area contributed by atoms with Gasteiger partial charge < -0.3 is 24.6 Å². The number of rotatable bonds is 10. The smallest absolute Gasteiger partial charge is 0.251 e. The molecule has 1 saturated carbocycles. The number of carbonyl (C=O) groups excluding carboxylic acids is 2. The van der Waals surface area contributed by atoms with E-state index in [1.54, 1.807) is 12.0 Å². The summed E-state index contributed by atoms with van der Waals surface area (Å²) < 4.78 is 24.2. The van der Waals surface area contributed by atoms with Crippen LogP contribution in [0.15, 0.2) is 48.5 Å². The van der Waals surface area contributed by atoms with Gasteiger partial charge in [-0.05, 0) is 55.4 Å². The third kappa shape index (κ3) is 6.78. The summed E-state index contributed by atoms with van der Waals surface area (Å²) in [5.41, 5.74) is 1.54. The van der Waals surface area contributed by atoms with E-state index in [1.807, 2.05) is 19.2 Å². The van der Waals surface area contributed by atoms with Crippen LogP contribution in [0, 0.1) is 5.82 Å². The zero-order chi connectivity index (χ0) is 24.8. The first-order valence-corrected chi connectivity index (χ1v) is 11.9. The summed E-state index contributed by atoms with van der Waals surface area (Å²) in [4.78, 5) is 29.8. The number of carbonyl (C=O) groups is 2. The van der Waals surface area contributed by atoms with Crippen molar-refractivity contribution < 1.29 is 23.5 Å². The highest BCUT2D eigenvalue weighted by atomic mass is 19.1. The fourth-order valence-electron chi connectivity index (χ4n) is 4.25. The number of likely N-dealkylation sites (N-methyl/N-ethyl adjacent to an activating group) is 1. The molecule has 2 aromatic carbocycles. The van der Waals surface area contributed by atoms with E-state index in [0.717, 1.165) is 25.3 Å². The SMILES string of the molecule is COc1ccc(C2CC2NCOCC(NC(=O)c2ccc(F)cc2)C(=O)N2CCN(C)CC2)cc1. The van der Waals surface area contributed by atoms with Crippen LogP contribution in [0.3, 0.4) is 0 Å². The predicted molar refractivity (Wildman–Crippen MR) is 130 cm³/mol. The fourth-order valence-corrected chi connectivity index (χ4v) is 4.25. The van der Waals surface area contributed by atoms with Crippen molar-refractivity contribution in [1.29, 1.82) is 0 Å². The first-order valence-electron chi connectivity index (χ1n) is 11.9. The molecule has 2 N–H and O–H groups in total. The second kappa shape index (κ2) is 11.6. The lowest BCUT2D eigenvalue weighted by Gasteiger charge is -2.34. The second-order valence-electron chi connectivity index (χ2n) is 9.10. The van der Waals surface area contributed by atoms with E-state index in [2.05, 4.69) is 27.7 Å². The molecule has 2 aliphatic rings. The highest BCUT2D eigenvalue weighted by Crippen LogP contribution is 2.41. The minimum Gasteiger partial charge on any atom is -0.497 e. The van der Waals surface area contributed by atoms with Crippen LogP contribution >= 0.6 is 0 Å². The number of nitrogens with one attached hydrogen (secondary N) is 2. The monoisotopic (exact) mass is 484 g/mol. The number of amides is 2. The van der Waals surface area contributed by atoms with Gasteiger partial charge >= 0.3 is 0 Å². The van der Waals surface area contributed by atoms with Crippen molar-refractivity contribution in [3.05, 3.63) is 65.5 Å². The molecule has 4 rings (SSSR count). The van der Waals surface area contributed by atoms with E-state index in [9.17, 15) is 14.0 Å². The Kier molecular flexibility index (Phi) is 8.33. The molecule has 0 radical (unpaired) electrons. The predicted octanol–water partition coefficient (Wildman–Crippen LogP) is 1.83. The summed E-state index contributed by atoms with van der Waals surface area (Å²) in [6.45, 7) is 3.08. The molecular weight excluding hydrogens is 451 g/mol. The van der Waals surface area contributed by atoms with E-state index in [0.29, 0.717) is 30.6 Å². The first kappa shape index (κ1) is 25.1. The Morgan fingerprint density at radius 3 is 2.40 bits per heavy atom. The lowest BCUT2D eigenvalue weighted by Crippen LogP contribution is -2.55. The highest BCUT2D eigenvalue weighted by Gasteiger charge is 2.38. The Labute approximate surface area is 205 Å². The first-order chi connectivity index (χ1) is 16.9. The van der Waals surface area contributed by atoms with Crippen LogP contribution < -0.4 is 15.4 Å². The molecule has 1 aliphatic heterocycles. The molecule has 0 spiro atoms. The number of hydrogen-bond acceptors (Lipinski definition) is 6. The van der Waals surface area contributed by atoms with Gasteiger partial charge in [0.15, 0.2) is 0 Å². The number of ether oxygens (including phenoxy) is 2. The molecule has 2 fully saturated rings. The van der Waals surface area contributed by atoms with Crippen molar-refractivity contribution in [1.82, 2.24) is 20.4 Å². The van der Waals surface area contributed by atoms with E-state index in [-0.39, 0.29) is 19.2 Å². The molecule has 3 atom stereocenters. The van der Waals surface area contributed by atoms with E-state index in [1.165, 1.54) is 29.8 Å². The number of benzene rings is 2. The van der Waals surface area contributed by atoms with Crippen molar-refractivity contribution in [2.24, 2.45) is 0 Å². The maximum absolute atomic E-state index is 13.2. The molecule has 188 valence electrons. The third-order valence-electron chi connectivity index (χ3n) is 6.59. The van der Waals surface area contributed by atoms with Crippen molar-refractivity contribution >= 4 is 11.8 Å². The second-order valence-corrected chi connectivity index (χ2v) is 9.10. The van der Waals surface area contributed by atoms with Crippen molar-refractivity contribution in [3.63, 3.8) is 0 Å². The van der Waals surface area contributed by atoms with Gasteiger partial charge in [-0.15, -0.1) is 0 Å². The molecule has 2 amide bonds. The van der Waals surface area contributed by atoms with Crippen molar-refractivity contribution in [2.75, 3.05) is 53.7 Å². The van der Waals surface area contributed by atoms with Crippen LogP contribution in [0.4, 0.5) is 4.39 Å². The standard InChI is InChI=1S/C26H33FN4O4/c1-30-11-13-31(14-12-30)26(33)24(29-25(32)19-3-7-20(27)8-4-19)16-35-17-28-23-15-22(23)18-5-9-21(34-2)10-6-18/h3-10,22-24,28H,11-17H2,1-2H3,(H,29,32). The summed E-state index contributed by atoms with van der Waals surface area (Å²) in [5, 5.41) is 6.14. The summed E-state index contributed by atoms with van der Waals surface area (Å²) >= 11 is 0. The van der Waals surface area contributed by atoms with E-state index < -0.39 is 17.8 Å². The molecule has 8 nitrogen and oxygen atoms in total. The lowest BCUT2D eigenvalue weighted by molar-refractivity contribution is -0.136. The largest absolute Gasteiger partial charge is 0.497 e. The third-order valence-corrected chi connectivity index (χ3v) is 6.59. The van der Waals surface area contributed by atoms with Crippen LogP contribution in [0.2, 0.25) is 0 Å². The highest BCUT2D eigenvalue weighted by molar-refractivity contribution is 5.97. The normalized spacial score (nSPS) is 20.8. The molecule has 1 heterocycles. The van der Waals surface area contributed by atoms with Gasteiger partial charge in [0.05, 0.1) is 20.4 Å². The van der Waals surface area contributed by atoms with Gasteiger partial charge in [-0.25, -0.2) is 4.39 Å². The van der Waals surface area contributed by atoms with Crippen LogP contribution in [0.5, 0.6) is 5.75 Å². The summed E-state index contributed by atoms with van der Waals surface area (Å²) in [6.07, 6.45) is 1.01. The minimum atomic E-state index is -0.825. The molecule has 0 bridgehead atoms. The topological polar surface area (TPSA) is 83.1 Å². The van der Waals surface area contributed by atoms with Gasteiger partial charge in [0, 0.05) is 43.7 Å². The Hall–Kier alpha value is -3.01. The van der Waals surface area contributed by atoms with Crippen molar-refractivity contribution in [3.8, 4) is 5.75 Å². The lowest BCUT2D eigenvalue weighted by atomic mass is 10.1. The number of halogens is 1. The van der Waals surface area contributed by atoms with E-state index in [4.69, 9.17) is 9.47 Å². The van der Waals surface area contributed by atoms with E-state index >= 15 is 0 Å². The number of methoxy groups -OCH3 is 1. The molecule has 9 heteroatoms. The molecule has 35 heavy (non-hydrogen) atoms. The molecule has 3 unspecified atom stereocenters. The Balaban J connectivity index is 1.29. The van der Waals surface area contributed by atoms with Gasteiger partial charge in [0.2, 0.25) is 5.91 Å². The Morgan fingerprint density at radius 2 is 1.74 bits per heavy atom. The Morgan fingerprint density at radius 1 is 1.06 bits per heavy atom. The quantitative estimate of drug-likeness (QED) is 0.396.